The van der Waals surface area contributed by atoms with Gasteiger partial charge in [-0.1, -0.05) is 51.9 Å². The van der Waals surface area contributed by atoms with Crippen molar-refractivity contribution >= 4 is 33.9 Å². The minimum atomic E-state index is -4.96. The molecule has 0 fully saturated rings. The number of carboxylic acids is 3. The Morgan fingerprint density at radius 2 is 1.22 bits per heavy atom. The molecule has 0 saturated heterocycles. The van der Waals surface area contributed by atoms with Crippen molar-refractivity contribution < 1.29 is 47.5 Å². The zero-order valence-corrected chi connectivity index (χ0v) is 21.7. The Kier molecular flexibility index (Phi) is 17.7. The van der Waals surface area contributed by atoms with E-state index in [1.807, 2.05) is 0 Å². The van der Waals surface area contributed by atoms with Crippen LogP contribution in [0.15, 0.2) is 0 Å². The van der Waals surface area contributed by atoms with Gasteiger partial charge in [-0.2, -0.15) is 8.42 Å². The van der Waals surface area contributed by atoms with Crippen molar-refractivity contribution in [1.82, 2.24) is 15.1 Å². The summed E-state index contributed by atoms with van der Waals surface area (Å²) >= 11 is 0. The van der Waals surface area contributed by atoms with Crippen LogP contribution in [0.25, 0.3) is 0 Å². The van der Waals surface area contributed by atoms with Gasteiger partial charge in [0.25, 0.3) is 10.1 Å². The van der Waals surface area contributed by atoms with Crippen LogP contribution in [0.4, 0.5) is 0 Å². The summed E-state index contributed by atoms with van der Waals surface area (Å²) in [4.78, 5) is 48.5. The monoisotopic (exact) mass is 539 g/mol. The Bertz CT molecular complexity index is 791. The molecule has 14 heteroatoms. The van der Waals surface area contributed by atoms with E-state index in [1.165, 1.54) is 30.6 Å². The predicted molar refractivity (Wildman–Crippen MR) is 131 cm³/mol. The lowest BCUT2D eigenvalue weighted by atomic mass is 10.1. The second-order valence-corrected chi connectivity index (χ2v) is 10.3. The van der Waals surface area contributed by atoms with Crippen LogP contribution in [-0.4, -0.2) is 113 Å². The first kappa shape index (κ1) is 33.7. The standard InChI is InChI=1S/C22H41N3O10S/c1-2-3-4-5-6-7-8-9-11-24(16-20(27)28)13-14-25(17-21(29)30)12-10-23-19(26)15-18(22(31)32)36(33,34)35/h18H,2-17H2,1H3,(H,23,26)(H,27,28)(H,29,30)(H,31,32)(H,33,34,35)/t18-/m1/s1. The van der Waals surface area contributed by atoms with E-state index >= 15 is 0 Å². The van der Waals surface area contributed by atoms with Crippen LogP contribution >= 0.6 is 0 Å². The predicted octanol–water partition coefficient (Wildman–Crippen LogP) is 0.748. The molecule has 0 saturated carbocycles. The number of hydrogen-bond donors (Lipinski definition) is 5. The number of unbranched alkanes of at least 4 members (excludes halogenated alkanes) is 7. The summed E-state index contributed by atoms with van der Waals surface area (Å²) in [6.45, 7) is 2.65. The van der Waals surface area contributed by atoms with Crippen LogP contribution in [0, 0.1) is 0 Å². The van der Waals surface area contributed by atoms with E-state index in [4.69, 9.17) is 14.8 Å². The van der Waals surface area contributed by atoms with Crippen molar-refractivity contribution in [3.63, 3.8) is 0 Å². The number of nitrogens with zero attached hydrogens (tertiary/aromatic N) is 2. The smallest absolute Gasteiger partial charge is 0.324 e. The number of hydrogen-bond acceptors (Lipinski definition) is 8. The quantitative estimate of drug-likeness (QED) is 0.0902. The number of nitrogens with one attached hydrogen (secondary N) is 1. The fourth-order valence-electron chi connectivity index (χ4n) is 3.59. The maximum absolute atomic E-state index is 11.9. The highest BCUT2D eigenvalue weighted by Gasteiger charge is 2.33. The molecule has 1 amide bonds. The highest BCUT2D eigenvalue weighted by molar-refractivity contribution is 7.87. The van der Waals surface area contributed by atoms with Crippen molar-refractivity contribution in [2.75, 3.05) is 45.8 Å². The highest BCUT2D eigenvalue weighted by Crippen LogP contribution is 2.09. The molecule has 210 valence electrons. The van der Waals surface area contributed by atoms with Crippen molar-refractivity contribution in [1.29, 1.82) is 0 Å². The third-order valence-corrected chi connectivity index (χ3v) is 6.62. The molecule has 0 aromatic carbocycles. The summed E-state index contributed by atoms with van der Waals surface area (Å²) < 4.78 is 31.1. The van der Waals surface area contributed by atoms with E-state index in [9.17, 15) is 32.7 Å². The van der Waals surface area contributed by atoms with E-state index < -0.39 is 45.6 Å². The summed E-state index contributed by atoms with van der Waals surface area (Å²) in [5, 5.41) is 27.2. The van der Waals surface area contributed by atoms with Gasteiger partial charge in [-0.15, -0.1) is 0 Å². The first-order valence-electron chi connectivity index (χ1n) is 12.2. The number of rotatable bonds is 23. The van der Waals surface area contributed by atoms with Crippen LogP contribution in [0.1, 0.15) is 64.7 Å². The van der Waals surface area contributed by atoms with E-state index in [2.05, 4.69) is 12.2 Å². The molecular formula is C22H41N3O10S. The Morgan fingerprint density at radius 1 is 0.750 bits per heavy atom. The molecule has 0 aromatic rings. The second kappa shape index (κ2) is 18.9. The molecule has 36 heavy (non-hydrogen) atoms. The fraction of sp³-hybridized carbons (Fsp3) is 0.818. The molecule has 0 aromatic heterocycles. The molecule has 0 unspecified atom stereocenters. The van der Waals surface area contributed by atoms with E-state index in [-0.39, 0.29) is 32.7 Å². The molecule has 0 radical (unpaired) electrons. The lowest BCUT2D eigenvalue weighted by molar-refractivity contribution is -0.140. The Hall–Kier alpha value is -2.29. The van der Waals surface area contributed by atoms with Gasteiger partial charge in [0.15, 0.2) is 5.25 Å². The maximum atomic E-state index is 11.9. The molecule has 0 bridgehead atoms. The number of carboxylic acid groups (broad SMARTS) is 3. The van der Waals surface area contributed by atoms with E-state index in [0.717, 1.165) is 25.7 Å². The van der Waals surface area contributed by atoms with Gasteiger partial charge >= 0.3 is 17.9 Å². The molecule has 0 heterocycles. The lowest BCUT2D eigenvalue weighted by Crippen LogP contribution is -2.44. The summed E-state index contributed by atoms with van der Waals surface area (Å²) in [5.41, 5.74) is 0. The molecule has 0 aliphatic carbocycles. The minimum Gasteiger partial charge on any atom is -0.480 e. The Morgan fingerprint density at radius 3 is 1.67 bits per heavy atom. The van der Waals surface area contributed by atoms with Gasteiger partial charge in [-0.05, 0) is 13.0 Å². The zero-order valence-electron chi connectivity index (χ0n) is 20.9. The van der Waals surface area contributed by atoms with Crippen LogP contribution < -0.4 is 5.32 Å². The van der Waals surface area contributed by atoms with Gasteiger partial charge < -0.3 is 20.6 Å². The van der Waals surface area contributed by atoms with Gasteiger partial charge in [0, 0.05) is 26.2 Å². The molecule has 13 nitrogen and oxygen atoms in total. The minimum absolute atomic E-state index is 0.0559. The molecular weight excluding hydrogens is 498 g/mol. The normalized spacial score (nSPS) is 12.6. The van der Waals surface area contributed by atoms with Gasteiger partial charge in [0.05, 0.1) is 19.5 Å². The van der Waals surface area contributed by atoms with Gasteiger partial charge in [-0.3, -0.25) is 33.5 Å². The molecule has 1 atom stereocenters. The van der Waals surface area contributed by atoms with Gasteiger partial charge in [-0.25, -0.2) is 0 Å². The van der Waals surface area contributed by atoms with Gasteiger partial charge in [0.1, 0.15) is 0 Å². The molecule has 0 aliphatic heterocycles. The van der Waals surface area contributed by atoms with E-state index in [0.29, 0.717) is 13.1 Å². The summed E-state index contributed by atoms with van der Waals surface area (Å²) in [6.07, 6.45) is 7.89. The van der Waals surface area contributed by atoms with Crippen molar-refractivity contribution in [3.05, 3.63) is 0 Å². The Labute approximate surface area is 212 Å². The van der Waals surface area contributed by atoms with Crippen molar-refractivity contribution in [3.8, 4) is 0 Å². The van der Waals surface area contributed by atoms with Crippen LogP contribution in [0.2, 0.25) is 0 Å². The first-order valence-corrected chi connectivity index (χ1v) is 13.7. The summed E-state index contributed by atoms with van der Waals surface area (Å²) in [7, 11) is -4.96. The van der Waals surface area contributed by atoms with Crippen LogP contribution in [-0.2, 0) is 29.3 Å². The summed E-state index contributed by atoms with van der Waals surface area (Å²) in [5.74, 6) is -4.91. The largest absolute Gasteiger partial charge is 0.480 e. The zero-order chi connectivity index (χ0) is 27.6. The fourth-order valence-corrected chi connectivity index (χ4v) is 4.21. The lowest BCUT2D eigenvalue weighted by Gasteiger charge is -2.26. The summed E-state index contributed by atoms with van der Waals surface area (Å²) in [6, 6.07) is 0. The number of aliphatic carboxylic acids is 3. The first-order chi connectivity index (χ1) is 16.9. The highest BCUT2D eigenvalue weighted by atomic mass is 32.2. The van der Waals surface area contributed by atoms with E-state index in [1.54, 1.807) is 4.90 Å². The van der Waals surface area contributed by atoms with Crippen molar-refractivity contribution in [2.45, 2.75) is 70.0 Å². The van der Waals surface area contributed by atoms with Crippen molar-refractivity contribution in [2.24, 2.45) is 0 Å². The number of amides is 1. The average Bonchev–Trinajstić information content (AvgIpc) is 2.75. The number of carbonyl (C=O) groups excluding carboxylic acids is 1. The van der Waals surface area contributed by atoms with Crippen LogP contribution in [0.3, 0.4) is 0 Å². The number of carbonyl (C=O) groups is 4. The molecule has 0 rings (SSSR count). The Balaban J connectivity index is 4.63. The second-order valence-electron chi connectivity index (χ2n) is 8.71. The topological polar surface area (TPSA) is 202 Å². The SMILES string of the molecule is CCCCCCCCCCN(CCN(CCNC(=O)C[C@H](C(=O)O)S(=O)(=O)O)CC(=O)O)CC(=O)O. The average molecular weight is 540 g/mol. The third kappa shape index (κ3) is 18.0. The van der Waals surface area contributed by atoms with Gasteiger partial charge in [0.2, 0.25) is 5.91 Å². The molecule has 5 N–H and O–H groups in total. The maximum Gasteiger partial charge on any atom is 0.324 e. The van der Waals surface area contributed by atoms with Crippen LogP contribution in [0.5, 0.6) is 0 Å². The third-order valence-electron chi connectivity index (χ3n) is 5.53. The molecule has 0 aliphatic rings. The molecule has 0 spiro atoms.